The minimum Gasteiger partial charge on any atom is -0.386 e. The van der Waals surface area contributed by atoms with Gasteiger partial charge in [-0.1, -0.05) is 24.3 Å². The van der Waals surface area contributed by atoms with E-state index in [2.05, 4.69) is 34.6 Å². The molecule has 0 aromatic heterocycles. The lowest BCUT2D eigenvalue weighted by atomic mass is 9.57. The number of rotatable bonds is 0. The van der Waals surface area contributed by atoms with E-state index in [9.17, 15) is 5.11 Å². The van der Waals surface area contributed by atoms with E-state index in [-0.39, 0.29) is 5.41 Å². The summed E-state index contributed by atoms with van der Waals surface area (Å²) in [6, 6.07) is 8.37. The van der Waals surface area contributed by atoms with E-state index < -0.39 is 5.60 Å². The van der Waals surface area contributed by atoms with E-state index in [0.29, 0.717) is 0 Å². The van der Waals surface area contributed by atoms with Crippen LogP contribution in [0.25, 0.3) is 6.08 Å². The van der Waals surface area contributed by atoms with Gasteiger partial charge in [-0.2, -0.15) is 0 Å². The van der Waals surface area contributed by atoms with Crippen molar-refractivity contribution in [2.45, 2.75) is 23.9 Å². The largest absolute Gasteiger partial charge is 0.386 e. The number of piperidine rings is 1. The first-order chi connectivity index (χ1) is 9.26. The Labute approximate surface area is 112 Å². The summed E-state index contributed by atoms with van der Waals surface area (Å²) in [5.74, 6) is 0. The third-order valence-corrected chi connectivity index (χ3v) is 4.73. The number of nitrogens with zero attached hydrogens (tertiary/aromatic N) is 1. The predicted octanol–water partition coefficient (Wildman–Crippen LogP) is 1.99. The molecule has 2 aliphatic heterocycles. The summed E-state index contributed by atoms with van der Waals surface area (Å²) in [5, 5.41) is 14.6. The van der Waals surface area contributed by atoms with Gasteiger partial charge in [-0.05, 0) is 36.1 Å². The van der Waals surface area contributed by atoms with Gasteiger partial charge in [-0.25, -0.2) is 0 Å². The van der Waals surface area contributed by atoms with Crippen LogP contribution in [-0.4, -0.2) is 23.5 Å². The molecule has 19 heavy (non-hydrogen) atoms. The Balaban J connectivity index is 2.07. The molecule has 3 aliphatic rings. The maximum atomic E-state index is 11.3. The monoisotopic (exact) mass is 252 g/mol. The van der Waals surface area contributed by atoms with Crippen LogP contribution in [0, 0.1) is 0 Å². The summed E-state index contributed by atoms with van der Waals surface area (Å²) in [6.45, 7) is 0.893. The summed E-state index contributed by atoms with van der Waals surface area (Å²) < 4.78 is 0. The van der Waals surface area contributed by atoms with Gasteiger partial charge in [-0.3, -0.25) is 4.99 Å². The molecule has 0 amide bonds. The number of nitrogens with one attached hydrogen (secondary N) is 1. The van der Waals surface area contributed by atoms with Crippen LogP contribution < -0.4 is 5.32 Å². The number of fused-ring (bicyclic) bond motifs is 1. The normalized spacial score (nSPS) is 34.7. The van der Waals surface area contributed by atoms with Crippen molar-refractivity contribution in [2.75, 3.05) is 6.54 Å². The number of aliphatic imine (C=N–C) groups is 1. The summed E-state index contributed by atoms with van der Waals surface area (Å²) in [5.41, 5.74) is 2.10. The van der Waals surface area contributed by atoms with Gasteiger partial charge in [0.15, 0.2) is 0 Å². The van der Waals surface area contributed by atoms with Gasteiger partial charge in [0.25, 0.3) is 0 Å². The average molecular weight is 252 g/mol. The zero-order chi connectivity index (χ0) is 12.9. The number of hydrogen-bond donors (Lipinski definition) is 2. The molecule has 2 atom stereocenters. The Kier molecular flexibility index (Phi) is 2.07. The molecule has 1 fully saturated rings. The lowest BCUT2D eigenvalue weighted by Gasteiger charge is -2.53. The summed E-state index contributed by atoms with van der Waals surface area (Å²) in [7, 11) is 0. The van der Waals surface area contributed by atoms with Gasteiger partial charge in [0, 0.05) is 30.1 Å². The minimum atomic E-state index is -0.962. The Morgan fingerprint density at radius 3 is 3.11 bits per heavy atom. The number of aliphatic hydroxyl groups is 1. The van der Waals surface area contributed by atoms with Crippen molar-refractivity contribution in [3.63, 3.8) is 0 Å². The molecular weight excluding hydrogens is 236 g/mol. The van der Waals surface area contributed by atoms with E-state index in [1.54, 1.807) is 6.20 Å². The Bertz CT molecular complexity index is 631. The zero-order valence-corrected chi connectivity index (χ0v) is 10.6. The van der Waals surface area contributed by atoms with E-state index >= 15 is 0 Å². The average Bonchev–Trinajstić information content (AvgIpc) is 2.59. The van der Waals surface area contributed by atoms with Crippen molar-refractivity contribution < 1.29 is 5.11 Å². The number of hydrogen-bond acceptors (Lipinski definition) is 3. The van der Waals surface area contributed by atoms with Crippen LogP contribution in [0.2, 0.25) is 0 Å². The fourth-order valence-electron chi connectivity index (χ4n) is 3.75. The third kappa shape index (κ3) is 1.23. The first kappa shape index (κ1) is 11.0. The van der Waals surface area contributed by atoms with Crippen molar-refractivity contribution in [3.8, 4) is 0 Å². The van der Waals surface area contributed by atoms with Crippen molar-refractivity contribution in [3.05, 3.63) is 53.4 Å². The van der Waals surface area contributed by atoms with Crippen LogP contribution in [0.1, 0.15) is 24.0 Å². The molecule has 0 spiro atoms. The highest BCUT2D eigenvalue weighted by Crippen LogP contribution is 2.52. The van der Waals surface area contributed by atoms with Gasteiger partial charge >= 0.3 is 0 Å². The lowest BCUT2D eigenvalue weighted by molar-refractivity contribution is 0.0144. The number of benzene rings is 1. The molecule has 2 unspecified atom stereocenters. The SMILES string of the molecule is OC12C=CN=CCC13CCNC2=Cc1ccccc13. The van der Waals surface area contributed by atoms with Crippen LogP contribution in [-0.2, 0) is 5.41 Å². The van der Waals surface area contributed by atoms with Crippen molar-refractivity contribution in [1.82, 2.24) is 5.32 Å². The molecule has 96 valence electrons. The molecule has 1 aromatic carbocycles. The van der Waals surface area contributed by atoms with Crippen LogP contribution in [0.5, 0.6) is 0 Å². The molecule has 0 saturated carbocycles. The third-order valence-electron chi connectivity index (χ3n) is 4.73. The second-order valence-electron chi connectivity index (χ2n) is 5.52. The summed E-state index contributed by atoms with van der Waals surface area (Å²) >= 11 is 0. The standard InChI is InChI=1S/C16H16N2O/c19-16-7-9-17-8-5-15(16)6-10-18-14(16)11-12-3-1-2-4-13(12)15/h1-4,7-9,11,18-19H,5-6,10H2. The Morgan fingerprint density at radius 2 is 2.16 bits per heavy atom. The summed E-state index contributed by atoms with van der Waals surface area (Å²) in [4.78, 5) is 4.25. The highest BCUT2D eigenvalue weighted by molar-refractivity contribution is 5.73. The van der Waals surface area contributed by atoms with Gasteiger partial charge in [0.1, 0.15) is 5.60 Å². The first-order valence-corrected chi connectivity index (χ1v) is 6.74. The molecule has 2 N–H and O–H groups in total. The Morgan fingerprint density at radius 1 is 1.26 bits per heavy atom. The molecule has 1 aromatic rings. The topological polar surface area (TPSA) is 44.6 Å². The molecule has 1 aliphatic carbocycles. The molecule has 2 heterocycles. The minimum absolute atomic E-state index is 0.282. The first-order valence-electron chi connectivity index (χ1n) is 6.74. The highest BCUT2D eigenvalue weighted by Gasteiger charge is 2.56. The maximum absolute atomic E-state index is 11.3. The molecule has 4 rings (SSSR count). The highest BCUT2D eigenvalue weighted by atomic mass is 16.3. The van der Waals surface area contributed by atoms with Gasteiger partial charge in [-0.15, -0.1) is 0 Å². The van der Waals surface area contributed by atoms with Gasteiger partial charge in [0.05, 0.1) is 0 Å². The summed E-state index contributed by atoms with van der Waals surface area (Å²) in [6.07, 6.45) is 9.24. The van der Waals surface area contributed by atoms with E-state index in [0.717, 1.165) is 25.1 Å². The fourth-order valence-corrected chi connectivity index (χ4v) is 3.75. The van der Waals surface area contributed by atoms with Gasteiger partial charge < -0.3 is 10.4 Å². The second-order valence-corrected chi connectivity index (χ2v) is 5.52. The molecule has 2 bridgehead atoms. The van der Waals surface area contributed by atoms with Crippen LogP contribution in [0.3, 0.4) is 0 Å². The van der Waals surface area contributed by atoms with E-state index in [1.807, 2.05) is 18.4 Å². The van der Waals surface area contributed by atoms with Crippen molar-refractivity contribution >= 4 is 12.3 Å². The maximum Gasteiger partial charge on any atom is 0.134 e. The van der Waals surface area contributed by atoms with E-state index in [4.69, 9.17) is 0 Å². The molecule has 3 nitrogen and oxygen atoms in total. The Hall–Kier alpha value is -1.87. The lowest BCUT2D eigenvalue weighted by Crippen LogP contribution is -2.61. The van der Waals surface area contributed by atoms with Crippen molar-refractivity contribution in [2.24, 2.45) is 4.99 Å². The van der Waals surface area contributed by atoms with Crippen LogP contribution >= 0.6 is 0 Å². The van der Waals surface area contributed by atoms with Gasteiger partial charge in [0.2, 0.25) is 0 Å². The smallest absolute Gasteiger partial charge is 0.134 e. The molecule has 1 saturated heterocycles. The zero-order valence-electron chi connectivity index (χ0n) is 10.6. The molecule has 3 heteroatoms. The van der Waals surface area contributed by atoms with E-state index in [1.165, 1.54) is 11.1 Å². The predicted molar refractivity (Wildman–Crippen MR) is 75.9 cm³/mol. The van der Waals surface area contributed by atoms with Crippen molar-refractivity contribution in [1.29, 1.82) is 0 Å². The quantitative estimate of drug-likeness (QED) is 0.741. The van der Waals surface area contributed by atoms with Crippen LogP contribution in [0.4, 0.5) is 0 Å². The second kappa shape index (κ2) is 3.58. The fraction of sp³-hybridized carbons (Fsp3) is 0.312. The molecular formula is C16H16N2O. The van der Waals surface area contributed by atoms with Crippen LogP contribution in [0.15, 0.2) is 47.2 Å². The molecule has 0 radical (unpaired) electrons.